The van der Waals surface area contributed by atoms with Gasteiger partial charge in [0, 0.05) is 43.1 Å². The summed E-state index contributed by atoms with van der Waals surface area (Å²) in [5, 5.41) is 8.49. The SMILES string of the molecule is CCN([C@@H]1CCCC[C@H]1Nc1nc(Nc2ccc(NC(C)=O)c(C)c2)ncc1C(F)(F)F)S(C)(=O)=O. The molecule has 1 aromatic carbocycles. The molecule has 0 unspecified atom stereocenters. The number of nitrogens with one attached hydrogen (secondary N) is 3. The van der Waals surface area contributed by atoms with Crippen molar-refractivity contribution < 1.29 is 26.4 Å². The first-order valence-electron chi connectivity index (χ1n) is 11.6. The van der Waals surface area contributed by atoms with E-state index in [0.29, 0.717) is 30.4 Å². The van der Waals surface area contributed by atoms with Crippen LogP contribution in [0.2, 0.25) is 0 Å². The quantitative estimate of drug-likeness (QED) is 0.462. The number of carbonyl (C=O) groups is 1. The van der Waals surface area contributed by atoms with Crippen molar-refractivity contribution in [1.82, 2.24) is 14.3 Å². The third-order valence-corrected chi connectivity index (χ3v) is 7.43. The van der Waals surface area contributed by atoms with E-state index in [1.807, 2.05) is 0 Å². The Bertz CT molecular complexity index is 1210. The van der Waals surface area contributed by atoms with Crippen LogP contribution in [0.25, 0.3) is 0 Å². The third-order valence-electron chi connectivity index (χ3n) is 6.05. The third kappa shape index (κ3) is 6.84. The summed E-state index contributed by atoms with van der Waals surface area (Å²) >= 11 is 0. The van der Waals surface area contributed by atoms with Crippen LogP contribution in [0.1, 0.15) is 50.7 Å². The predicted molar refractivity (Wildman–Crippen MR) is 133 cm³/mol. The van der Waals surface area contributed by atoms with Gasteiger partial charge in [0.2, 0.25) is 21.9 Å². The monoisotopic (exact) mass is 528 g/mol. The summed E-state index contributed by atoms with van der Waals surface area (Å²) in [5.41, 5.74) is 0.846. The summed E-state index contributed by atoms with van der Waals surface area (Å²) in [6.45, 7) is 5.10. The molecule has 0 aliphatic heterocycles. The number of halogens is 3. The van der Waals surface area contributed by atoms with Crippen LogP contribution in [-0.4, -0.2) is 53.5 Å². The fourth-order valence-corrected chi connectivity index (χ4v) is 5.69. The minimum atomic E-state index is -4.71. The standard InChI is InChI=1S/C23H31F3N6O3S/c1-5-32(36(4,34)35)20-9-7-6-8-19(20)30-21-17(23(24,25)26)13-27-22(31-21)29-16-10-11-18(14(2)12-16)28-15(3)33/h10-13,19-20H,5-9H2,1-4H3,(H,28,33)(H2,27,29,30,31)/t19-,20-/m1/s1. The van der Waals surface area contributed by atoms with Gasteiger partial charge in [0.1, 0.15) is 11.4 Å². The smallest absolute Gasteiger partial charge is 0.365 e. The van der Waals surface area contributed by atoms with E-state index in [4.69, 9.17) is 0 Å². The van der Waals surface area contributed by atoms with E-state index < -0.39 is 39.7 Å². The van der Waals surface area contributed by atoms with Crippen LogP contribution in [0.5, 0.6) is 0 Å². The molecule has 1 fully saturated rings. The second kappa shape index (κ2) is 11.0. The zero-order valence-electron chi connectivity index (χ0n) is 20.6. The largest absolute Gasteiger partial charge is 0.421 e. The van der Waals surface area contributed by atoms with Gasteiger partial charge in [0.15, 0.2) is 0 Å². The maximum atomic E-state index is 13.8. The minimum Gasteiger partial charge on any atom is -0.365 e. The van der Waals surface area contributed by atoms with Crippen molar-refractivity contribution >= 4 is 39.1 Å². The zero-order valence-corrected chi connectivity index (χ0v) is 21.4. The van der Waals surface area contributed by atoms with Gasteiger partial charge in [-0.15, -0.1) is 0 Å². The number of alkyl halides is 3. The number of rotatable bonds is 8. The van der Waals surface area contributed by atoms with Gasteiger partial charge in [-0.25, -0.2) is 13.4 Å². The maximum absolute atomic E-state index is 13.8. The van der Waals surface area contributed by atoms with E-state index in [0.717, 1.165) is 24.7 Å². The first-order chi connectivity index (χ1) is 16.8. The Morgan fingerprint density at radius 3 is 2.50 bits per heavy atom. The molecular formula is C23H31F3N6O3S. The van der Waals surface area contributed by atoms with Crippen LogP contribution in [0.4, 0.5) is 36.3 Å². The fraction of sp³-hybridized carbons (Fsp3) is 0.522. The molecular weight excluding hydrogens is 497 g/mol. The zero-order chi connectivity index (χ0) is 26.7. The van der Waals surface area contributed by atoms with Crippen molar-refractivity contribution in [1.29, 1.82) is 0 Å². The van der Waals surface area contributed by atoms with Crippen LogP contribution in [0.15, 0.2) is 24.4 Å². The second-order valence-corrected chi connectivity index (χ2v) is 10.8. The molecule has 9 nitrogen and oxygen atoms in total. The highest BCUT2D eigenvalue weighted by Crippen LogP contribution is 2.36. The second-order valence-electron chi connectivity index (χ2n) is 8.86. The van der Waals surface area contributed by atoms with Gasteiger partial charge < -0.3 is 16.0 Å². The van der Waals surface area contributed by atoms with Crippen LogP contribution >= 0.6 is 0 Å². The van der Waals surface area contributed by atoms with Crippen molar-refractivity contribution in [2.45, 2.75) is 64.7 Å². The molecule has 0 bridgehead atoms. The highest BCUT2D eigenvalue weighted by atomic mass is 32.2. The number of amides is 1. The number of aromatic nitrogens is 2. The molecule has 3 rings (SSSR count). The highest BCUT2D eigenvalue weighted by molar-refractivity contribution is 7.88. The molecule has 36 heavy (non-hydrogen) atoms. The number of likely N-dealkylation sites (N-methyl/N-ethyl adjacent to an activating group) is 1. The Kier molecular flexibility index (Phi) is 8.44. The van der Waals surface area contributed by atoms with Gasteiger partial charge in [-0.05, 0) is 43.5 Å². The Balaban J connectivity index is 1.92. The van der Waals surface area contributed by atoms with Crippen LogP contribution in [-0.2, 0) is 21.0 Å². The molecule has 1 heterocycles. The van der Waals surface area contributed by atoms with Gasteiger partial charge in [-0.1, -0.05) is 19.8 Å². The number of carbonyl (C=O) groups excluding carboxylic acids is 1. The number of hydrogen-bond acceptors (Lipinski definition) is 7. The first kappa shape index (κ1) is 27.7. The summed E-state index contributed by atoms with van der Waals surface area (Å²) < 4.78 is 67.3. The molecule has 1 aliphatic carbocycles. The van der Waals surface area contributed by atoms with E-state index in [1.165, 1.54) is 11.2 Å². The van der Waals surface area contributed by atoms with E-state index in [-0.39, 0.29) is 18.4 Å². The molecule has 0 spiro atoms. The van der Waals surface area contributed by atoms with Crippen LogP contribution < -0.4 is 16.0 Å². The summed E-state index contributed by atoms with van der Waals surface area (Å²) in [7, 11) is -3.54. The average molecular weight is 529 g/mol. The van der Waals surface area contributed by atoms with Gasteiger partial charge in [-0.2, -0.15) is 22.5 Å². The van der Waals surface area contributed by atoms with E-state index in [9.17, 15) is 26.4 Å². The lowest BCUT2D eigenvalue weighted by molar-refractivity contribution is -0.137. The van der Waals surface area contributed by atoms with Crippen molar-refractivity contribution in [2.75, 3.05) is 28.8 Å². The van der Waals surface area contributed by atoms with Crippen LogP contribution in [0.3, 0.4) is 0 Å². The van der Waals surface area contributed by atoms with Crippen molar-refractivity contribution in [3.8, 4) is 0 Å². The average Bonchev–Trinajstić information content (AvgIpc) is 2.75. The molecule has 1 amide bonds. The lowest BCUT2D eigenvalue weighted by Gasteiger charge is -2.39. The fourth-order valence-electron chi connectivity index (χ4n) is 4.47. The number of anilines is 4. The van der Waals surface area contributed by atoms with Gasteiger partial charge in [-0.3, -0.25) is 4.79 Å². The Labute approximate surface area is 208 Å². The molecule has 198 valence electrons. The number of benzene rings is 1. The first-order valence-corrected chi connectivity index (χ1v) is 13.5. The predicted octanol–water partition coefficient (Wildman–Crippen LogP) is 4.51. The Morgan fingerprint density at radius 2 is 1.92 bits per heavy atom. The van der Waals surface area contributed by atoms with Crippen LogP contribution in [0, 0.1) is 6.92 Å². The maximum Gasteiger partial charge on any atom is 0.421 e. The molecule has 2 atom stereocenters. The summed E-state index contributed by atoms with van der Waals surface area (Å²) in [6, 6.07) is 3.99. The number of sulfonamides is 1. The van der Waals surface area contributed by atoms with E-state index in [1.54, 1.807) is 32.0 Å². The molecule has 1 aliphatic rings. The lowest BCUT2D eigenvalue weighted by atomic mass is 9.90. The summed E-state index contributed by atoms with van der Waals surface area (Å²) in [4.78, 5) is 19.3. The van der Waals surface area contributed by atoms with Crippen molar-refractivity contribution in [3.05, 3.63) is 35.5 Å². The minimum absolute atomic E-state index is 0.0556. The molecule has 13 heteroatoms. The summed E-state index contributed by atoms with van der Waals surface area (Å²) in [5.74, 6) is -0.688. The number of nitrogens with zero attached hydrogens (tertiary/aromatic N) is 3. The van der Waals surface area contributed by atoms with Crippen molar-refractivity contribution in [3.63, 3.8) is 0 Å². The van der Waals surface area contributed by atoms with E-state index in [2.05, 4.69) is 25.9 Å². The molecule has 0 radical (unpaired) electrons. The Hall–Kier alpha value is -2.93. The number of aryl methyl sites for hydroxylation is 1. The molecule has 2 aromatic rings. The molecule has 0 saturated heterocycles. The van der Waals surface area contributed by atoms with Gasteiger partial charge in [0.05, 0.1) is 6.26 Å². The van der Waals surface area contributed by atoms with Crippen molar-refractivity contribution in [2.24, 2.45) is 0 Å². The molecule has 1 saturated carbocycles. The normalized spacial score (nSPS) is 18.7. The lowest BCUT2D eigenvalue weighted by Crippen LogP contribution is -2.51. The van der Waals surface area contributed by atoms with Gasteiger partial charge >= 0.3 is 6.18 Å². The highest BCUT2D eigenvalue weighted by Gasteiger charge is 2.39. The number of hydrogen-bond donors (Lipinski definition) is 3. The molecule has 3 N–H and O–H groups in total. The Morgan fingerprint density at radius 1 is 1.22 bits per heavy atom. The summed E-state index contributed by atoms with van der Waals surface area (Å²) in [6.07, 6.45) is -0.306. The topological polar surface area (TPSA) is 116 Å². The van der Waals surface area contributed by atoms with E-state index >= 15 is 0 Å². The van der Waals surface area contributed by atoms with Gasteiger partial charge in [0.25, 0.3) is 0 Å². The molecule has 1 aromatic heterocycles.